The van der Waals surface area contributed by atoms with Crippen LogP contribution in [0.25, 0.3) is 0 Å². The Morgan fingerprint density at radius 2 is 1.94 bits per heavy atom. The van der Waals surface area contributed by atoms with E-state index in [0.29, 0.717) is 12.5 Å². The van der Waals surface area contributed by atoms with Crippen LogP contribution in [-0.2, 0) is 0 Å². The summed E-state index contributed by atoms with van der Waals surface area (Å²) in [7, 11) is 0. The highest BCUT2D eigenvalue weighted by Crippen LogP contribution is 2.50. The van der Waals surface area contributed by atoms with Gasteiger partial charge in [0.05, 0.1) is 0 Å². The molecule has 1 saturated carbocycles. The van der Waals surface area contributed by atoms with Crippen LogP contribution in [0, 0.1) is 23.0 Å². The first-order valence-electron chi connectivity index (χ1n) is 5.74. The van der Waals surface area contributed by atoms with Crippen molar-refractivity contribution >= 4 is 21.8 Å². The lowest BCUT2D eigenvalue weighted by atomic mass is 10.1. The predicted molar refractivity (Wildman–Crippen MR) is 68.3 cm³/mol. The number of halogens is 3. The van der Waals surface area contributed by atoms with Crippen molar-refractivity contribution in [1.29, 1.82) is 0 Å². The molecule has 18 heavy (non-hydrogen) atoms. The van der Waals surface area contributed by atoms with E-state index in [0.717, 1.165) is 18.6 Å². The summed E-state index contributed by atoms with van der Waals surface area (Å²) >= 11 is 2.97. The SMILES string of the molecule is CC1(C)CC1CNC(=O)c1c(F)cc(Br)cc1F. The number of carbonyl (C=O) groups excluding carboxylic acids is 1. The number of rotatable bonds is 3. The van der Waals surface area contributed by atoms with Gasteiger partial charge < -0.3 is 5.32 Å². The molecule has 1 fully saturated rings. The summed E-state index contributed by atoms with van der Waals surface area (Å²) in [6.07, 6.45) is 1.03. The molecule has 0 aliphatic heterocycles. The van der Waals surface area contributed by atoms with E-state index >= 15 is 0 Å². The van der Waals surface area contributed by atoms with Crippen LogP contribution in [0.3, 0.4) is 0 Å². The molecule has 1 aliphatic carbocycles. The van der Waals surface area contributed by atoms with E-state index in [2.05, 4.69) is 35.1 Å². The molecule has 0 saturated heterocycles. The lowest BCUT2D eigenvalue weighted by molar-refractivity contribution is 0.0942. The Labute approximate surface area is 113 Å². The minimum absolute atomic E-state index is 0.226. The maximum Gasteiger partial charge on any atom is 0.257 e. The predicted octanol–water partition coefficient (Wildman–Crippen LogP) is 3.50. The molecular formula is C13H14BrF2NO. The molecule has 0 bridgehead atoms. The molecule has 1 amide bonds. The smallest absolute Gasteiger partial charge is 0.257 e. The summed E-state index contributed by atoms with van der Waals surface area (Å²) < 4.78 is 27.3. The van der Waals surface area contributed by atoms with Crippen molar-refractivity contribution in [3.63, 3.8) is 0 Å². The summed E-state index contributed by atoms with van der Waals surface area (Å²) in [6, 6.07) is 2.16. The van der Waals surface area contributed by atoms with Crippen LogP contribution in [0.2, 0.25) is 0 Å². The molecule has 98 valence electrons. The molecule has 1 aromatic carbocycles. The lowest BCUT2D eigenvalue weighted by Gasteiger charge is -2.08. The second kappa shape index (κ2) is 4.61. The molecule has 2 nitrogen and oxygen atoms in total. The van der Waals surface area contributed by atoms with E-state index in [-0.39, 0.29) is 9.89 Å². The number of hydrogen-bond acceptors (Lipinski definition) is 1. The van der Waals surface area contributed by atoms with E-state index in [1.54, 1.807) is 0 Å². The Hall–Kier alpha value is -0.970. The van der Waals surface area contributed by atoms with Gasteiger partial charge in [-0.2, -0.15) is 0 Å². The van der Waals surface area contributed by atoms with Gasteiger partial charge in [-0.05, 0) is 29.9 Å². The molecule has 0 heterocycles. The molecule has 5 heteroatoms. The van der Waals surface area contributed by atoms with Gasteiger partial charge >= 0.3 is 0 Å². The molecule has 0 radical (unpaired) electrons. The fraction of sp³-hybridized carbons (Fsp3) is 0.462. The standard InChI is InChI=1S/C13H14BrF2NO/c1-13(2)5-7(13)6-17-12(18)11-9(15)3-8(14)4-10(11)16/h3-4,7H,5-6H2,1-2H3,(H,17,18). The second-order valence-corrected chi connectivity index (χ2v) is 6.26. The second-order valence-electron chi connectivity index (χ2n) is 5.34. The third-order valence-electron chi connectivity index (χ3n) is 3.46. The van der Waals surface area contributed by atoms with Crippen LogP contribution in [0.1, 0.15) is 30.6 Å². The average molecular weight is 318 g/mol. The van der Waals surface area contributed by atoms with Crippen molar-refractivity contribution < 1.29 is 13.6 Å². The molecule has 1 N–H and O–H groups in total. The van der Waals surface area contributed by atoms with Crippen LogP contribution < -0.4 is 5.32 Å². The molecule has 1 unspecified atom stereocenters. The maximum atomic E-state index is 13.5. The number of nitrogens with one attached hydrogen (secondary N) is 1. The minimum Gasteiger partial charge on any atom is -0.352 e. The van der Waals surface area contributed by atoms with Crippen molar-refractivity contribution in [1.82, 2.24) is 5.32 Å². The molecule has 1 aliphatic rings. The number of hydrogen-bond donors (Lipinski definition) is 1. The Bertz CT molecular complexity index is 479. The quantitative estimate of drug-likeness (QED) is 0.908. The Kier molecular flexibility index (Phi) is 3.45. The van der Waals surface area contributed by atoms with Gasteiger partial charge in [-0.1, -0.05) is 29.8 Å². The van der Waals surface area contributed by atoms with Crippen LogP contribution in [0.15, 0.2) is 16.6 Å². The fourth-order valence-electron chi connectivity index (χ4n) is 1.99. The highest BCUT2D eigenvalue weighted by atomic mass is 79.9. The van der Waals surface area contributed by atoms with Crippen molar-refractivity contribution in [2.24, 2.45) is 11.3 Å². The van der Waals surface area contributed by atoms with E-state index in [9.17, 15) is 13.6 Å². The summed E-state index contributed by atoms with van der Waals surface area (Å²) in [4.78, 5) is 11.7. The van der Waals surface area contributed by atoms with Gasteiger partial charge in [0, 0.05) is 11.0 Å². The highest BCUT2D eigenvalue weighted by Gasteiger charge is 2.45. The summed E-state index contributed by atoms with van der Waals surface area (Å²) in [5.41, 5.74) is -0.291. The monoisotopic (exact) mass is 317 g/mol. The summed E-state index contributed by atoms with van der Waals surface area (Å²) in [6.45, 7) is 4.66. The zero-order valence-electron chi connectivity index (χ0n) is 10.2. The third-order valence-corrected chi connectivity index (χ3v) is 3.92. The van der Waals surface area contributed by atoms with Gasteiger partial charge in [0.15, 0.2) is 0 Å². The van der Waals surface area contributed by atoms with Crippen LogP contribution >= 0.6 is 15.9 Å². The van der Waals surface area contributed by atoms with Gasteiger partial charge in [0.25, 0.3) is 5.91 Å². The largest absolute Gasteiger partial charge is 0.352 e. The van der Waals surface area contributed by atoms with Crippen molar-refractivity contribution in [2.75, 3.05) is 6.54 Å². The first-order chi connectivity index (χ1) is 8.31. The Morgan fingerprint density at radius 3 is 2.39 bits per heavy atom. The van der Waals surface area contributed by atoms with Crippen molar-refractivity contribution in [3.05, 3.63) is 33.8 Å². The third kappa shape index (κ3) is 2.71. The first-order valence-corrected chi connectivity index (χ1v) is 6.53. The van der Waals surface area contributed by atoms with Crippen molar-refractivity contribution in [2.45, 2.75) is 20.3 Å². The molecule has 0 aromatic heterocycles. The molecule has 1 aromatic rings. The molecule has 0 spiro atoms. The Balaban J connectivity index is 2.05. The van der Waals surface area contributed by atoms with Gasteiger partial charge in [0.2, 0.25) is 0 Å². The number of carbonyl (C=O) groups is 1. The van der Waals surface area contributed by atoms with Crippen LogP contribution in [0.5, 0.6) is 0 Å². The minimum atomic E-state index is -0.852. The van der Waals surface area contributed by atoms with Crippen molar-refractivity contribution in [3.8, 4) is 0 Å². The van der Waals surface area contributed by atoms with E-state index < -0.39 is 23.1 Å². The first kappa shape index (κ1) is 13.5. The van der Waals surface area contributed by atoms with E-state index in [1.165, 1.54) is 0 Å². The van der Waals surface area contributed by atoms with Crippen LogP contribution in [-0.4, -0.2) is 12.5 Å². The summed E-state index contributed by atoms with van der Waals surface area (Å²) in [5.74, 6) is -2.01. The molecular weight excluding hydrogens is 304 g/mol. The van der Waals surface area contributed by atoms with Gasteiger partial charge in [-0.15, -0.1) is 0 Å². The molecule has 2 rings (SSSR count). The zero-order valence-corrected chi connectivity index (χ0v) is 11.8. The number of benzene rings is 1. The molecule has 1 atom stereocenters. The lowest BCUT2D eigenvalue weighted by Crippen LogP contribution is -2.28. The van der Waals surface area contributed by atoms with Gasteiger partial charge in [-0.3, -0.25) is 4.79 Å². The Morgan fingerprint density at radius 1 is 1.44 bits per heavy atom. The normalized spacial score (nSPS) is 20.6. The van der Waals surface area contributed by atoms with Crippen LogP contribution in [0.4, 0.5) is 8.78 Å². The van der Waals surface area contributed by atoms with E-state index in [4.69, 9.17) is 0 Å². The average Bonchev–Trinajstić information content (AvgIpc) is 2.82. The van der Waals surface area contributed by atoms with Gasteiger partial charge in [-0.25, -0.2) is 8.78 Å². The van der Waals surface area contributed by atoms with E-state index in [1.807, 2.05) is 0 Å². The highest BCUT2D eigenvalue weighted by molar-refractivity contribution is 9.10. The maximum absolute atomic E-state index is 13.5. The summed E-state index contributed by atoms with van der Waals surface area (Å²) in [5, 5.41) is 2.58. The number of amides is 1. The topological polar surface area (TPSA) is 29.1 Å². The van der Waals surface area contributed by atoms with Gasteiger partial charge in [0.1, 0.15) is 17.2 Å². The zero-order chi connectivity index (χ0) is 13.5. The fourth-order valence-corrected chi connectivity index (χ4v) is 2.39.